The summed E-state index contributed by atoms with van der Waals surface area (Å²) in [6.07, 6.45) is 4.92. The second-order valence-corrected chi connectivity index (χ2v) is 5.76. The number of aromatic nitrogens is 2. The number of hydrogen-bond donors (Lipinski definition) is 1. The average Bonchev–Trinajstić information content (AvgIpc) is 3.02. The Balaban J connectivity index is 2.01. The van der Waals surface area contributed by atoms with E-state index in [1.807, 2.05) is 6.20 Å². The second-order valence-electron chi connectivity index (χ2n) is 5.76. The molecular formula is C14H24N4. The van der Waals surface area contributed by atoms with Gasteiger partial charge in [0, 0.05) is 37.9 Å². The SMILES string of the molecule is CC(C)NCc1cncnc1N(C)CC1CC1C. The molecule has 18 heavy (non-hydrogen) atoms. The number of anilines is 1. The lowest BCUT2D eigenvalue weighted by molar-refractivity contribution is 0.585. The molecule has 0 aromatic carbocycles. The Morgan fingerprint density at radius 3 is 2.83 bits per heavy atom. The van der Waals surface area contributed by atoms with Crippen LogP contribution in [-0.2, 0) is 6.54 Å². The van der Waals surface area contributed by atoms with Gasteiger partial charge in [-0.15, -0.1) is 0 Å². The maximum atomic E-state index is 4.44. The Morgan fingerprint density at radius 1 is 1.50 bits per heavy atom. The molecule has 1 N–H and O–H groups in total. The Hall–Kier alpha value is -1.16. The van der Waals surface area contributed by atoms with Gasteiger partial charge in [0.15, 0.2) is 0 Å². The number of nitrogens with zero attached hydrogens (tertiary/aromatic N) is 3. The summed E-state index contributed by atoms with van der Waals surface area (Å²) in [7, 11) is 2.13. The molecule has 4 heteroatoms. The van der Waals surface area contributed by atoms with Gasteiger partial charge in [0.2, 0.25) is 0 Å². The zero-order chi connectivity index (χ0) is 13.1. The van der Waals surface area contributed by atoms with Crippen LogP contribution in [0.3, 0.4) is 0 Å². The number of rotatable bonds is 6. The van der Waals surface area contributed by atoms with E-state index in [1.165, 1.54) is 12.0 Å². The van der Waals surface area contributed by atoms with Crippen molar-refractivity contribution in [1.82, 2.24) is 15.3 Å². The van der Waals surface area contributed by atoms with Crippen LogP contribution in [-0.4, -0.2) is 29.6 Å². The van der Waals surface area contributed by atoms with E-state index in [-0.39, 0.29) is 0 Å². The normalized spacial score (nSPS) is 22.3. The first-order chi connectivity index (χ1) is 8.58. The van der Waals surface area contributed by atoms with E-state index in [2.05, 4.69) is 48.0 Å². The number of nitrogens with one attached hydrogen (secondary N) is 1. The maximum Gasteiger partial charge on any atom is 0.136 e. The third kappa shape index (κ3) is 3.42. The van der Waals surface area contributed by atoms with E-state index in [0.717, 1.165) is 30.7 Å². The first-order valence-corrected chi connectivity index (χ1v) is 6.81. The Morgan fingerprint density at radius 2 is 2.22 bits per heavy atom. The molecule has 1 aliphatic carbocycles. The average molecular weight is 248 g/mol. The molecule has 0 saturated heterocycles. The highest BCUT2D eigenvalue weighted by molar-refractivity contribution is 5.44. The molecule has 0 radical (unpaired) electrons. The fraction of sp³-hybridized carbons (Fsp3) is 0.714. The molecule has 1 aliphatic rings. The smallest absolute Gasteiger partial charge is 0.136 e. The molecule has 2 rings (SSSR count). The van der Waals surface area contributed by atoms with Gasteiger partial charge >= 0.3 is 0 Å². The van der Waals surface area contributed by atoms with Gasteiger partial charge in [-0.2, -0.15) is 0 Å². The third-order valence-corrected chi connectivity index (χ3v) is 3.61. The summed E-state index contributed by atoms with van der Waals surface area (Å²) >= 11 is 0. The minimum absolute atomic E-state index is 0.479. The summed E-state index contributed by atoms with van der Waals surface area (Å²) < 4.78 is 0. The molecule has 1 saturated carbocycles. The van der Waals surface area contributed by atoms with Crippen molar-refractivity contribution in [2.24, 2.45) is 11.8 Å². The van der Waals surface area contributed by atoms with Gasteiger partial charge in [0.05, 0.1) is 0 Å². The highest BCUT2D eigenvalue weighted by Gasteiger charge is 2.33. The van der Waals surface area contributed by atoms with Gasteiger partial charge in [0.1, 0.15) is 12.1 Å². The first kappa shape index (κ1) is 13.3. The lowest BCUT2D eigenvalue weighted by Crippen LogP contribution is -2.27. The maximum absolute atomic E-state index is 4.44. The van der Waals surface area contributed by atoms with Gasteiger partial charge in [-0.3, -0.25) is 0 Å². The molecule has 0 aliphatic heterocycles. The summed E-state index contributed by atoms with van der Waals surface area (Å²) in [5, 5.41) is 3.43. The summed E-state index contributed by atoms with van der Waals surface area (Å²) in [4.78, 5) is 10.8. The summed E-state index contributed by atoms with van der Waals surface area (Å²) in [5.74, 6) is 2.79. The van der Waals surface area contributed by atoms with Gasteiger partial charge in [-0.1, -0.05) is 20.8 Å². The van der Waals surface area contributed by atoms with Crippen LogP contribution in [0, 0.1) is 11.8 Å². The molecule has 1 fully saturated rings. The quantitative estimate of drug-likeness (QED) is 0.836. The zero-order valence-corrected chi connectivity index (χ0v) is 11.8. The summed E-state index contributed by atoms with van der Waals surface area (Å²) in [6.45, 7) is 8.56. The molecule has 1 aromatic heterocycles. The Labute approximate surface area is 110 Å². The van der Waals surface area contributed by atoms with Crippen LogP contribution in [0.5, 0.6) is 0 Å². The molecule has 0 bridgehead atoms. The molecule has 1 heterocycles. The molecule has 2 atom stereocenters. The summed E-state index contributed by atoms with van der Waals surface area (Å²) in [5.41, 5.74) is 1.18. The van der Waals surface area contributed by atoms with Crippen LogP contribution in [0.2, 0.25) is 0 Å². The number of hydrogen-bond acceptors (Lipinski definition) is 4. The van der Waals surface area contributed by atoms with E-state index in [1.54, 1.807) is 6.33 Å². The fourth-order valence-electron chi connectivity index (χ4n) is 2.23. The Bertz CT molecular complexity index is 391. The van der Waals surface area contributed by atoms with Crippen molar-refractivity contribution in [3.63, 3.8) is 0 Å². The van der Waals surface area contributed by atoms with E-state index < -0.39 is 0 Å². The van der Waals surface area contributed by atoms with Gasteiger partial charge < -0.3 is 10.2 Å². The van der Waals surface area contributed by atoms with Crippen LogP contribution >= 0.6 is 0 Å². The molecule has 0 amide bonds. The van der Waals surface area contributed by atoms with Crippen molar-refractivity contribution in [3.05, 3.63) is 18.1 Å². The van der Waals surface area contributed by atoms with Crippen molar-refractivity contribution in [1.29, 1.82) is 0 Å². The highest BCUT2D eigenvalue weighted by atomic mass is 15.2. The van der Waals surface area contributed by atoms with E-state index in [0.29, 0.717) is 6.04 Å². The van der Waals surface area contributed by atoms with E-state index >= 15 is 0 Å². The topological polar surface area (TPSA) is 41.1 Å². The lowest BCUT2D eigenvalue weighted by Gasteiger charge is -2.21. The minimum atomic E-state index is 0.479. The Kier molecular flexibility index (Phi) is 4.17. The summed E-state index contributed by atoms with van der Waals surface area (Å²) in [6, 6.07) is 0.479. The lowest BCUT2D eigenvalue weighted by atomic mass is 10.2. The first-order valence-electron chi connectivity index (χ1n) is 6.81. The fourth-order valence-corrected chi connectivity index (χ4v) is 2.23. The van der Waals surface area contributed by atoms with Gasteiger partial charge in [0.25, 0.3) is 0 Å². The van der Waals surface area contributed by atoms with Crippen LogP contribution in [0.1, 0.15) is 32.8 Å². The zero-order valence-electron chi connectivity index (χ0n) is 11.8. The third-order valence-electron chi connectivity index (χ3n) is 3.61. The standard InChI is InChI=1S/C14H24N4/c1-10(2)16-7-13-6-15-9-17-14(13)18(4)8-12-5-11(12)3/h6,9-12,16H,5,7-8H2,1-4H3. The predicted octanol–water partition coefficient (Wildman–Crippen LogP) is 2.07. The molecule has 2 unspecified atom stereocenters. The van der Waals surface area contributed by atoms with E-state index in [4.69, 9.17) is 0 Å². The monoisotopic (exact) mass is 248 g/mol. The molecule has 4 nitrogen and oxygen atoms in total. The van der Waals surface area contributed by atoms with Crippen molar-refractivity contribution in [3.8, 4) is 0 Å². The second kappa shape index (κ2) is 5.65. The van der Waals surface area contributed by atoms with Crippen LogP contribution in [0.4, 0.5) is 5.82 Å². The van der Waals surface area contributed by atoms with Crippen molar-refractivity contribution >= 4 is 5.82 Å². The van der Waals surface area contributed by atoms with Crippen LogP contribution in [0.25, 0.3) is 0 Å². The van der Waals surface area contributed by atoms with Crippen molar-refractivity contribution < 1.29 is 0 Å². The molecule has 1 aromatic rings. The largest absolute Gasteiger partial charge is 0.359 e. The molecular weight excluding hydrogens is 224 g/mol. The molecule has 0 spiro atoms. The highest BCUT2D eigenvalue weighted by Crippen LogP contribution is 2.38. The van der Waals surface area contributed by atoms with Gasteiger partial charge in [-0.25, -0.2) is 9.97 Å². The van der Waals surface area contributed by atoms with Crippen LogP contribution < -0.4 is 10.2 Å². The van der Waals surface area contributed by atoms with E-state index in [9.17, 15) is 0 Å². The van der Waals surface area contributed by atoms with Crippen molar-refractivity contribution in [2.45, 2.75) is 39.8 Å². The van der Waals surface area contributed by atoms with Crippen LogP contribution in [0.15, 0.2) is 12.5 Å². The van der Waals surface area contributed by atoms with Gasteiger partial charge in [-0.05, 0) is 18.3 Å². The predicted molar refractivity (Wildman–Crippen MR) is 74.5 cm³/mol. The molecule has 100 valence electrons. The van der Waals surface area contributed by atoms with Crippen molar-refractivity contribution in [2.75, 3.05) is 18.5 Å². The minimum Gasteiger partial charge on any atom is -0.359 e.